The van der Waals surface area contributed by atoms with Gasteiger partial charge < -0.3 is 9.84 Å². The lowest BCUT2D eigenvalue weighted by Gasteiger charge is -2.26. The molecule has 0 saturated carbocycles. The van der Waals surface area contributed by atoms with Crippen LogP contribution in [0, 0.1) is 18.7 Å². The first-order valence-corrected chi connectivity index (χ1v) is 11.1. The van der Waals surface area contributed by atoms with Gasteiger partial charge in [-0.2, -0.15) is 0 Å². The number of benzene rings is 3. The first-order valence-electron chi connectivity index (χ1n) is 11.1. The minimum Gasteiger partial charge on any atom is -0.507 e. The number of aryl methyl sites for hydroxylation is 1. The normalized spacial score (nSPS) is 17.4. The van der Waals surface area contributed by atoms with Gasteiger partial charge >= 0.3 is 0 Å². The van der Waals surface area contributed by atoms with Crippen molar-refractivity contribution < 1.29 is 23.8 Å². The lowest BCUT2D eigenvalue weighted by molar-refractivity contribution is -0.132. The molecule has 1 amide bonds. The van der Waals surface area contributed by atoms with Gasteiger partial charge in [-0.1, -0.05) is 61.9 Å². The second kappa shape index (κ2) is 9.51. The number of nitrogens with zero attached hydrogens (tertiary/aromatic N) is 1. The van der Waals surface area contributed by atoms with E-state index in [0.717, 1.165) is 5.56 Å². The van der Waals surface area contributed by atoms with Crippen LogP contribution in [0.4, 0.5) is 10.1 Å². The Morgan fingerprint density at radius 3 is 2.41 bits per heavy atom. The highest BCUT2D eigenvalue weighted by atomic mass is 19.1. The molecule has 1 unspecified atom stereocenters. The molecule has 1 fully saturated rings. The molecule has 1 N–H and O–H groups in total. The summed E-state index contributed by atoms with van der Waals surface area (Å²) < 4.78 is 20.7. The van der Waals surface area contributed by atoms with Crippen molar-refractivity contribution in [2.24, 2.45) is 5.92 Å². The third kappa shape index (κ3) is 4.44. The first kappa shape index (κ1) is 23.2. The Labute approximate surface area is 198 Å². The number of aliphatic hydroxyl groups excluding tert-OH is 1. The van der Waals surface area contributed by atoms with Gasteiger partial charge in [-0.25, -0.2) is 4.39 Å². The van der Waals surface area contributed by atoms with E-state index >= 15 is 0 Å². The van der Waals surface area contributed by atoms with Crippen LogP contribution in [-0.4, -0.2) is 23.4 Å². The Hall–Kier alpha value is -3.93. The van der Waals surface area contributed by atoms with E-state index in [0.29, 0.717) is 29.5 Å². The van der Waals surface area contributed by atoms with E-state index in [2.05, 4.69) is 0 Å². The summed E-state index contributed by atoms with van der Waals surface area (Å²) in [5.41, 5.74) is 1.67. The average molecular weight is 460 g/mol. The Kier molecular flexibility index (Phi) is 6.50. The molecule has 3 aromatic rings. The number of halogens is 1. The standard InChI is InChI=1S/C28H26FNO4/c1-17(2)16-34-21-8-6-7-19(15-21)26(31)24-25(22-9-4-5-10-23(22)29)30(28(33)27(24)32)20-13-11-18(3)12-14-20/h4-15,17,25,31H,16H2,1-3H3/b26-24-. The molecule has 0 spiro atoms. The molecule has 1 atom stereocenters. The number of hydrogen-bond donors (Lipinski definition) is 1. The van der Waals surface area contributed by atoms with Gasteiger partial charge in [0.25, 0.3) is 11.7 Å². The van der Waals surface area contributed by atoms with Crippen molar-refractivity contribution in [3.05, 3.63) is 101 Å². The smallest absolute Gasteiger partial charge is 0.300 e. The van der Waals surface area contributed by atoms with Gasteiger partial charge in [-0.15, -0.1) is 0 Å². The highest BCUT2D eigenvalue weighted by molar-refractivity contribution is 6.51. The molecule has 0 bridgehead atoms. The van der Waals surface area contributed by atoms with Crippen molar-refractivity contribution in [3.63, 3.8) is 0 Å². The summed E-state index contributed by atoms with van der Waals surface area (Å²) in [7, 11) is 0. The molecule has 0 aliphatic carbocycles. The van der Waals surface area contributed by atoms with Gasteiger partial charge in [0.05, 0.1) is 18.2 Å². The van der Waals surface area contributed by atoms with Crippen LogP contribution in [0.25, 0.3) is 5.76 Å². The maximum atomic E-state index is 15.0. The van der Waals surface area contributed by atoms with Crippen LogP contribution in [0.5, 0.6) is 5.75 Å². The maximum absolute atomic E-state index is 15.0. The molecule has 1 aliphatic heterocycles. The van der Waals surface area contributed by atoms with Gasteiger partial charge in [-0.3, -0.25) is 14.5 Å². The van der Waals surface area contributed by atoms with Crippen LogP contribution in [0.3, 0.4) is 0 Å². The van der Waals surface area contributed by atoms with E-state index < -0.39 is 23.5 Å². The van der Waals surface area contributed by atoms with E-state index in [1.54, 1.807) is 42.5 Å². The molecule has 34 heavy (non-hydrogen) atoms. The molecule has 0 aromatic heterocycles. The largest absolute Gasteiger partial charge is 0.507 e. The van der Waals surface area contributed by atoms with Crippen LogP contribution < -0.4 is 9.64 Å². The third-order valence-electron chi connectivity index (χ3n) is 5.65. The maximum Gasteiger partial charge on any atom is 0.300 e. The molecule has 3 aromatic carbocycles. The van der Waals surface area contributed by atoms with E-state index in [9.17, 15) is 19.1 Å². The molecule has 0 radical (unpaired) electrons. The second-order valence-corrected chi connectivity index (χ2v) is 8.76. The fraction of sp³-hybridized carbons (Fsp3) is 0.214. The number of aliphatic hydroxyl groups is 1. The molecule has 1 saturated heterocycles. The minimum atomic E-state index is -1.12. The van der Waals surface area contributed by atoms with Crippen LogP contribution in [0.2, 0.25) is 0 Å². The highest BCUT2D eigenvalue weighted by Crippen LogP contribution is 2.43. The fourth-order valence-corrected chi connectivity index (χ4v) is 3.95. The zero-order chi connectivity index (χ0) is 24.4. The van der Waals surface area contributed by atoms with E-state index in [-0.39, 0.29) is 16.9 Å². The van der Waals surface area contributed by atoms with E-state index in [1.165, 1.54) is 23.1 Å². The van der Waals surface area contributed by atoms with Crippen molar-refractivity contribution in [3.8, 4) is 5.75 Å². The summed E-state index contributed by atoms with van der Waals surface area (Å²) in [5.74, 6) is -1.83. The van der Waals surface area contributed by atoms with Crippen molar-refractivity contribution in [2.75, 3.05) is 11.5 Å². The molecular weight excluding hydrogens is 433 g/mol. The predicted octanol–water partition coefficient (Wildman–Crippen LogP) is 5.80. The summed E-state index contributed by atoms with van der Waals surface area (Å²) >= 11 is 0. The van der Waals surface area contributed by atoms with Gasteiger partial charge in [-0.05, 0) is 43.2 Å². The lowest BCUT2D eigenvalue weighted by Crippen LogP contribution is -2.29. The monoisotopic (exact) mass is 459 g/mol. The number of carbonyl (C=O) groups excluding carboxylic acids is 2. The first-order chi connectivity index (χ1) is 16.3. The van der Waals surface area contributed by atoms with Crippen molar-refractivity contribution in [1.29, 1.82) is 0 Å². The summed E-state index contributed by atoms with van der Waals surface area (Å²) in [5, 5.41) is 11.2. The van der Waals surface area contributed by atoms with Gasteiger partial charge in [0.2, 0.25) is 0 Å². The Balaban J connectivity index is 1.88. The number of anilines is 1. The molecule has 1 aliphatic rings. The van der Waals surface area contributed by atoms with Gasteiger partial charge in [0.1, 0.15) is 17.3 Å². The number of rotatable bonds is 6. The Morgan fingerprint density at radius 2 is 1.74 bits per heavy atom. The summed E-state index contributed by atoms with van der Waals surface area (Å²) in [6.45, 7) is 6.42. The number of amides is 1. The zero-order valence-corrected chi connectivity index (χ0v) is 19.3. The number of Topliss-reactive ketones (excluding diaryl/α,β-unsaturated/α-hetero) is 1. The summed E-state index contributed by atoms with van der Waals surface area (Å²) in [6.07, 6.45) is 0. The van der Waals surface area contributed by atoms with Crippen molar-refractivity contribution >= 4 is 23.1 Å². The SMILES string of the molecule is Cc1ccc(N2C(=O)C(=O)/C(=C(\O)c3cccc(OCC(C)C)c3)C2c2ccccc2F)cc1. The van der Waals surface area contributed by atoms with E-state index in [1.807, 2.05) is 32.9 Å². The van der Waals surface area contributed by atoms with Crippen LogP contribution in [0.15, 0.2) is 78.4 Å². The third-order valence-corrected chi connectivity index (χ3v) is 5.65. The number of hydrogen-bond acceptors (Lipinski definition) is 4. The average Bonchev–Trinajstić information content (AvgIpc) is 3.08. The quantitative estimate of drug-likeness (QED) is 0.288. The lowest BCUT2D eigenvalue weighted by atomic mass is 9.94. The molecule has 5 nitrogen and oxygen atoms in total. The number of ketones is 1. The molecular formula is C28H26FNO4. The molecule has 174 valence electrons. The Bertz CT molecular complexity index is 1260. The van der Waals surface area contributed by atoms with Crippen molar-refractivity contribution in [1.82, 2.24) is 0 Å². The molecule has 4 rings (SSSR count). The fourth-order valence-electron chi connectivity index (χ4n) is 3.95. The second-order valence-electron chi connectivity index (χ2n) is 8.76. The Morgan fingerprint density at radius 1 is 1.03 bits per heavy atom. The van der Waals surface area contributed by atoms with Crippen molar-refractivity contribution in [2.45, 2.75) is 26.8 Å². The predicted molar refractivity (Wildman–Crippen MR) is 129 cm³/mol. The van der Waals surface area contributed by atoms with Crippen LogP contribution in [-0.2, 0) is 9.59 Å². The highest BCUT2D eigenvalue weighted by Gasteiger charge is 2.47. The summed E-state index contributed by atoms with van der Waals surface area (Å²) in [6, 6.07) is 18.5. The number of carbonyl (C=O) groups is 2. The minimum absolute atomic E-state index is 0.121. The topological polar surface area (TPSA) is 66.8 Å². The number of ether oxygens (including phenoxy) is 1. The van der Waals surface area contributed by atoms with Gasteiger partial charge in [0.15, 0.2) is 0 Å². The van der Waals surface area contributed by atoms with Crippen LogP contribution >= 0.6 is 0 Å². The van der Waals surface area contributed by atoms with E-state index in [4.69, 9.17) is 4.74 Å². The molecule has 1 heterocycles. The van der Waals surface area contributed by atoms with Gasteiger partial charge in [0, 0.05) is 16.8 Å². The summed E-state index contributed by atoms with van der Waals surface area (Å²) in [4.78, 5) is 27.6. The molecule has 6 heteroatoms. The van der Waals surface area contributed by atoms with Crippen LogP contribution in [0.1, 0.15) is 36.6 Å². The zero-order valence-electron chi connectivity index (χ0n) is 19.3.